The van der Waals surface area contributed by atoms with Gasteiger partial charge in [0.25, 0.3) is 0 Å². The summed E-state index contributed by atoms with van der Waals surface area (Å²) in [5.74, 6) is 0.0461. The highest BCUT2D eigenvalue weighted by Gasteiger charge is 2.59. The molecule has 8 nitrogen and oxygen atoms in total. The van der Waals surface area contributed by atoms with Crippen molar-refractivity contribution in [1.29, 1.82) is 0 Å². The molecule has 3 atom stereocenters. The first-order valence-electron chi connectivity index (χ1n) is 9.79. The van der Waals surface area contributed by atoms with Crippen LogP contribution in [0.4, 0.5) is 19.0 Å². The maximum atomic E-state index is 12.9. The lowest BCUT2D eigenvalue weighted by Crippen LogP contribution is -2.50. The Morgan fingerprint density at radius 2 is 1.90 bits per heavy atom. The predicted molar refractivity (Wildman–Crippen MR) is 103 cm³/mol. The molecule has 1 N–H and O–H groups in total. The molecule has 5 rings (SSSR count). The van der Waals surface area contributed by atoms with Crippen LogP contribution >= 0.6 is 0 Å². The highest BCUT2D eigenvalue weighted by molar-refractivity contribution is 5.58. The van der Waals surface area contributed by atoms with Crippen LogP contribution < -0.4 is 5.32 Å². The van der Waals surface area contributed by atoms with Crippen molar-refractivity contribution in [3.63, 3.8) is 0 Å². The first-order valence-corrected chi connectivity index (χ1v) is 9.79. The van der Waals surface area contributed by atoms with Crippen molar-refractivity contribution in [2.75, 3.05) is 5.32 Å². The van der Waals surface area contributed by atoms with E-state index >= 15 is 0 Å². The lowest BCUT2D eigenvalue weighted by molar-refractivity contribution is -0.141. The molecular weight excluding hydrogens is 411 g/mol. The normalized spacial score (nSPS) is 25.1. The third-order valence-electron chi connectivity index (χ3n) is 6.14. The van der Waals surface area contributed by atoms with Crippen molar-refractivity contribution < 1.29 is 18.0 Å². The second-order valence-electron chi connectivity index (χ2n) is 7.70. The monoisotopic (exact) mass is 429 g/mol. The van der Waals surface area contributed by atoms with E-state index in [1.807, 2.05) is 24.3 Å². The van der Waals surface area contributed by atoms with Crippen LogP contribution in [0.2, 0.25) is 0 Å². The molecule has 2 aromatic heterocycles. The largest absolute Gasteiger partial charge is 0.434 e. The number of nitrogens with one attached hydrogen (secondary N) is 1. The Balaban J connectivity index is 1.55. The Morgan fingerprint density at radius 3 is 2.58 bits per heavy atom. The number of benzene rings is 1. The Hall–Kier alpha value is -3.50. The van der Waals surface area contributed by atoms with Gasteiger partial charge in [-0.1, -0.05) is 18.2 Å². The van der Waals surface area contributed by atoms with Gasteiger partial charge in [0.15, 0.2) is 5.69 Å². The lowest BCUT2D eigenvalue weighted by atomic mass is 9.78. The molecule has 3 aromatic rings. The van der Waals surface area contributed by atoms with Crippen molar-refractivity contribution >= 4 is 12.2 Å². The molecule has 11 heteroatoms. The van der Waals surface area contributed by atoms with Gasteiger partial charge in [0.1, 0.15) is 11.5 Å². The first-order chi connectivity index (χ1) is 14.9. The van der Waals surface area contributed by atoms with Gasteiger partial charge >= 0.3 is 6.18 Å². The van der Waals surface area contributed by atoms with Gasteiger partial charge in [0.05, 0.1) is 30.5 Å². The predicted octanol–water partition coefficient (Wildman–Crippen LogP) is 2.99. The minimum Gasteiger partial charge on any atom is -0.346 e. The second-order valence-corrected chi connectivity index (χ2v) is 7.70. The number of anilines is 1. The number of alkyl halides is 3. The highest BCUT2D eigenvalue weighted by atomic mass is 19.4. The zero-order valence-corrected chi connectivity index (χ0v) is 16.2. The van der Waals surface area contributed by atoms with E-state index in [-0.39, 0.29) is 17.8 Å². The van der Waals surface area contributed by atoms with Crippen LogP contribution in [-0.2, 0) is 11.0 Å². The summed E-state index contributed by atoms with van der Waals surface area (Å²) in [5.41, 5.74) is -0.162. The zero-order chi connectivity index (χ0) is 21.6. The van der Waals surface area contributed by atoms with Crippen LogP contribution in [0.3, 0.4) is 0 Å². The molecular formula is C20H18F3N7O. The molecule has 3 unspecified atom stereocenters. The standard InChI is InChI=1S/C20H18F3N7O/c21-20(22,23)17-10-25-18(11-24-17)28-19-6-5-13(29(19)12-31)9-15(19)14-3-1-2-4-16(14)30-26-7-8-27-30/h1-4,7-8,10-13,15H,5-6,9H2,(H,25,28). The van der Waals surface area contributed by atoms with Crippen molar-refractivity contribution in [2.45, 2.75) is 43.1 Å². The average molecular weight is 429 g/mol. The number of hydrogen-bond acceptors (Lipinski definition) is 6. The summed E-state index contributed by atoms with van der Waals surface area (Å²) in [6, 6.07) is 7.68. The van der Waals surface area contributed by atoms with Gasteiger partial charge in [0, 0.05) is 12.0 Å². The molecule has 0 saturated carbocycles. The summed E-state index contributed by atoms with van der Waals surface area (Å²) in [5, 5.41) is 11.7. The quantitative estimate of drug-likeness (QED) is 0.628. The summed E-state index contributed by atoms with van der Waals surface area (Å²) in [6.07, 6.45) is 3.29. The van der Waals surface area contributed by atoms with Crippen LogP contribution in [-0.4, -0.2) is 48.0 Å². The molecule has 2 saturated heterocycles. The number of carbonyl (C=O) groups is 1. The van der Waals surface area contributed by atoms with Gasteiger partial charge in [-0.15, -0.1) is 0 Å². The molecule has 2 aliphatic heterocycles. The van der Waals surface area contributed by atoms with E-state index in [0.29, 0.717) is 19.0 Å². The van der Waals surface area contributed by atoms with E-state index in [0.717, 1.165) is 30.3 Å². The highest BCUT2D eigenvalue weighted by Crippen LogP contribution is 2.54. The molecule has 2 bridgehead atoms. The molecule has 0 aliphatic carbocycles. The topological polar surface area (TPSA) is 88.8 Å². The van der Waals surface area contributed by atoms with Crippen molar-refractivity contribution in [3.8, 4) is 5.69 Å². The fourth-order valence-electron chi connectivity index (χ4n) is 4.88. The SMILES string of the molecule is O=CN1C2CCC1(Nc1cnc(C(F)(F)F)cn1)C(c1ccccc1-n1nccn1)C2. The third kappa shape index (κ3) is 3.11. The van der Waals surface area contributed by atoms with Crippen molar-refractivity contribution in [1.82, 2.24) is 29.9 Å². The smallest absolute Gasteiger partial charge is 0.346 e. The number of halogens is 3. The van der Waals surface area contributed by atoms with E-state index < -0.39 is 17.5 Å². The number of nitrogens with zero attached hydrogens (tertiary/aromatic N) is 6. The number of carbonyl (C=O) groups excluding carboxylic acids is 1. The molecule has 0 radical (unpaired) electrons. The molecule has 2 fully saturated rings. The zero-order valence-electron chi connectivity index (χ0n) is 16.2. The van der Waals surface area contributed by atoms with E-state index in [9.17, 15) is 18.0 Å². The van der Waals surface area contributed by atoms with Crippen LogP contribution in [0.25, 0.3) is 5.69 Å². The van der Waals surface area contributed by atoms with Crippen LogP contribution in [0.1, 0.15) is 36.4 Å². The van der Waals surface area contributed by atoms with Crippen LogP contribution in [0, 0.1) is 0 Å². The minimum atomic E-state index is -4.57. The number of hydrogen-bond donors (Lipinski definition) is 1. The molecule has 160 valence electrons. The summed E-state index contributed by atoms with van der Waals surface area (Å²) in [7, 11) is 0. The molecule has 1 amide bonds. The Kier molecular flexibility index (Phi) is 4.42. The molecule has 31 heavy (non-hydrogen) atoms. The number of fused-ring (bicyclic) bond motifs is 2. The Bertz CT molecular complexity index is 1090. The molecule has 1 aromatic carbocycles. The van der Waals surface area contributed by atoms with Gasteiger partial charge in [-0.05, 0) is 30.9 Å². The van der Waals surface area contributed by atoms with Gasteiger partial charge in [0.2, 0.25) is 6.41 Å². The van der Waals surface area contributed by atoms with Crippen molar-refractivity contribution in [2.24, 2.45) is 0 Å². The number of rotatable bonds is 5. The third-order valence-corrected chi connectivity index (χ3v) is 6.14. The van der Waals surface area contributed by atoms with E-state index in [4.69, 9.17) is 0 Å². The maximum Gasteiger partial charge on any atom is 0.434 e. The van der Waals surface area contributed by atoms with E-state index in [1.54, 1.807) is 17.3 Å². The number of para-hydroxylation sites is 1. The summed E-state index contributed by atoms with van der Waals surface area (Å²) >= 11 is 0. The fraction of sp³-hybridized carbons (Fsp3) is 0.350. The summed E-state index contributed by atoms with van der Waals surface area (Å²) in [6.45, 7) is 0. The van der Waals surface area contributed by atoms with Gasteiger partial charge in [-0.25, -0.2) is 9.97 Å². The van der Waals surface area contributed by atoms with E-state index in [1.165, 1.54) is 4.80 Å². The summed E-state index contributed by atoms with van der Waals surface area (Å²) in [4.78, 5) is 22.7. The number of amides is 1. The fourth-order valence-corrected chi connectivity index (χ4v) is 4.88. The minimum absolute atomic E-state index is 0.0241. The van der Waals surface area contributed by atoms with E-state index in [2.05, 4.69) is 25.5 Å². The number of aromatic nitrogens is 5. The Labute approximate surface area is 175 Å². The molecule has 4 heterocycles. The summed E-state index contributed by atoms with van der Waals surface area (Å²) < 4.78 is 38.6. The maximum absolute atomic E-state index is 12.9. The van der Waals surface area contributed by atoms with Crippen LogP contribution in [0.5, 0.6) is 0 Å². The molecule has 2 aliphatic rings. The van der Waals surface area contributed by atoms with Gasteiger partial charge < -0.3 is 10.2 Å². The first kappa shape index (κ1) is 19.5. The van der Waals surface area contributed by atoms with Crippen LogP contribution in [0.15, 0.2) is 49.1 Å². The Morgan fingerprint density at radius 1 is 1.13 bits per heavy atom. The lowest BCUT2D eigenvalue weighted by Gasteiger charge is -2.39. The van der Waals surface area contributed by atoms with Crippen molar-refractivity contribution in [3.05, 3.63) is 60.3 Å². The average Bonchev–Trinajstić information content (AvgIpc) is 3.47. The van der Waals surface area contributed by atoms with Gasteiger partial charge in [-0.2, -0.15) is 28.2 Å². The molecule has 0 spiro atoms. The second kappa shape index (κ2) is 7.03. The van der Waals surface area contributed by atoms with Gasteiger partial charge in [-0.3, -0.25) is 4.79 Å².